The predicted octanol–water partition coefficient (Wildman–Crippen LogP) is 3.25. The number of carbonyl (C=O) groups is 4. The molecule has 0 unspecified atom stereocenters. The Balaban J connectivity index is 1.15. The number of rotatable bonds is 9. The smallest absolute Gasteiger partial charge is 0.306 e. The average molecular weight is 564 g/mol. The van der Waals surface area contributed by atoms with E-state index in [9.17, 15) is 29.4 Å². The molecule has 4 aliphatic rings. The Labute approximate surface area is 241 Å². The van der Waals surface area contributed by atoms with Crippen LogP contribution in [0, 0.1) is 28.6 Å². The highest BCUT2D eigenvalue weighted by molar-refractivity contribution is 6.01. The molecule has 5 rings (SSSR count). The number of fused-ring (bicyclic) bond motifs is 5. The van der Waals surface area contributed by atoms with Crippen molar-refractivity contribution in [2.45, 2.75) is 76.9 Å². The molecule has 7 atom stereocenters. The highest BCUT2D eigenvalue weighted by Gasteiger charge is 2.68. The first-order chi connectivity index (χ1) is 19.5. The lowest BCUT2D eigenvalue weighted by Crippen LogP contribution is -2.61. The van der Waals surface area contributed by atoms with Gasteiger partial charge in [-0.2, -0.15) is 0 Å². The zero-order valence-electron chi connectivity index (χ0n) is 23.9. The van der Waals surface area contributed by atoms with Crippen molar-refractivity contribution in [3.05, 3.63) is 59.7 Å². The third kappa shape index (κ3) is 5.32. The van der Waals surface area contributed by atoms with Gasteiger partial charge in [-0.3, -0.25) is 19.2 Å². The third-order valence-corrected chi connectivity index (χ3v) is 10.6. The second kappa shape index (κ2) is 11.3. The lowest BCUT2D eigenvalue weighted by atomic mass is 9.46. The van der Waals surface area contributed by atoms with Gasteiger partial charge in [0.15, 0.2) is 12.4 Å². The Morgan fingerprint density at radius 1 is 1.10 bits per heavy atom. The zero-order chi connectivity index (χ0) is 29.4. The minimum absolute atomic E-state index is 0.0181. The van der Waals surface area contributed by atoms with Gasteiger partial charge in [-0.15, -0.1) is 0 Å². The van der Waals surface area contributed by atoms with E-state index >= 15 is 0 Å². The van der Waals surface area contributed by atoms with E-state index in [0.717, 1.165) is 24.0 Å². The van der Waals surface area contributed by atoms with Gasteiger partial charge in [0.25, 0.3) is 0 Å². The topological polar surface area (TPSA) is 130 Å². The van der Waals surface area contributed by atoms with Crippen molar-refractivity contribution in [1.82, 2.24) is 5.32 Å². The molecule has 0 aromatic heterocycles. The Kier molecular flexibility index (Phi) is 8.09. The molecule has 1 aromatic rings. The van der Waals surface area contributed by atoms with Crippen LogP contribution in [0.1, 0.15) is 64.4 Å². The molecule has 8 nitrogen and oxygen atoms in total. The first-order valence-corrected chi connectivity index (χ1v) is 14.8. The molecule has 3 saturated carbocycles. The zero-order valence-corrected chi connectivity index (χ0v) is 23.9. The minimum Gasteiger partial charge on any atom is -0.458 e. The molecule has 3 N–H and O–H groups in total. The highest BCUT2D eigenvalue weighted by atomic mass is 16.5. The van der Waals surface area contributed by atoms with Crippen molar-refractivity contribution in [1.29, 1.82) is 0 Å². The number of ketones is 2. The minimum atomic E-state index is -1.71. The number of esters is 1. The van der Waals surface area contributed by atoms with Gasteiger partial charge in [0.1, 0.15) is 5.60 Å². The number of aliphatic hydroxyl groups is 2. The van der Waals surface area contributed by atoms with Crippen LogP contribution in [0.4, 0.5) is 0 Å². The second-order valence-electron chi connectivity index (χ2n) is 12.8. The van der Waals surface area contributed by atoms with E-state index in [1.54, 1.807) is 12.2 Å². The lowest BCUT2D eigenvalue weighted by molar-refractivity contribution is -0.181. The maximum atomic E-state index is 13.4. The first kappa shape index (κ1) is 29.4. The van der Waals surface area contributed by atoms with Crippen molar-refractivity contribution in [2.75, 3.05) is 13.2 Å². The molecule has 220 valence electrons. The maximum Gasteiger partial charge on any atom is 0.306 e. The van der Waals surface area contributed by atoms with E-state index in [0.29, 0.717) is 19.4 Å². The van der Waals surface area contributed by atoms with Crippen LogP contribution in [-0.2, 0) is 30.3 Å². The van der Waals surface area contributed by atoms with Gasteiger partial charge >= 0.3 is 5.97 Å². The van der Waals surface area contributed by atoms with Gasteiger partial charge in [-0.1, -0.05) is 55.8 Å². The summed E-state index contributed by atoms with van der Waals surface area (Å²) in [7, 11) is 0. The van der Waals surface area contributed by atoms with Gasteiger partial charge < -0.3 is 20.3 Å². The van der Waals surface area contributed by atoms with Crippen LogP contribution in [0.5, 0.6) is 0 Å². The number of nitrogens with one attached hydrogen (secondary N) is 1. The fraction of sp³-hybridized carbons (Fsp3) is 0.576. The van der Waals surface area contributed by atoms with Crippen molar-refractivity contribution < 1.29 is 34.1 Å². The normalized spacial score (nSPS) is 35.5. The standard InChI is InChI=1S/C33H41NO7/c1-31-15-12-23(35)18-22(31)8-9-24-25-13-16-33(40,32(25,2)19-26(36)30(24)31)27(37)20-41-29(39)11-10-28(38)34-17-14-21-6-4-3-5-7-21/h3-7,12,15,18,24-26,30,36,40H,8-11,13-14,16-17,19-20H2,1-2H3,(H,34,38)/t24-,25-,26-,30-,31-,32-,33-/m0/s1. The third-order valence-electron chi connectivity index (χ3n) is 10.6. The number of Topliss-reactive ketones (excluding diaryl/α,β-unsaturated/α-hetero) is 1. The summed E-state index contributed by atoms with van der Waals surface area (Å²) in [5, 5.41) is 26.1. The Morgan fingerprint density at radius 2 is 1.85 bits per heavy atom. The molecule has 0 radical (unpaired) electrons. The average Bonchev–Trinajstić information content (AvgIpc) is 3.22. The van der Waals surface area contributed by atoms with E-state index in [1.165, 1.54) is 0 Å². The summed E-state index contributed by atoms with van der Waals surface area (Å²) in [6.07, 6.45) is 7.63. The quantitative estimate of drug-likeness (QED) is 0.393. The van der Waals surface area contributed by atoms with E-state index in [4.69, 9.17) is 4.74 Å². The number of carbonyl (C=O) groups excluding carboxylic acids is 4. The van der Waals surface area contributed by atoms with Gasteiger partial charge in [0.2, 0.25) is 11.7 Å². The molecule has 0 spiro atoms. The van der Waals surface area contributed by atoms with Crippen LogP contribution in [0.2, 0.25) is 0 Å². The SMILES string of the molecule is C[C@]12C=CC(=O)C=C1CC[C@@H]1[C@H]2[C@@H](O)C[C@@]2(C)[C@H]1CC[C@]2(O)C(=O)COC(=O)CCC(=O)NCCc1ccccc1. The van der Waals surface area contributed by atoms with Crippen LogP contribution in [0.15, 0.2) is 54.1 Å². The maximum absolute atomic E-state index is 13.4. The summed E-state index contributed by atoms with van der Waals surface area (Å²) < 4.78 is 5.22. The summed E-state index contributed by atoms with van der Waals surface area (Å²) >= 11 is 0. The summed E-state index contributed by atoms with van der Waals surface area (Å²) in [5.74, 6) is -1.50. The summed E-state index contributed by atoms with van der Waals surface area (Å²) in [6.45, 7) is 3.87. The number of hydrogen-bond donors (Lipinski definition) is 3. The Morgan fingerprint density at radius 3 is 2.61 bits per heavy atom. The first-order valence-electron chi connectivity index (χ1n) is 14.8. The number of hydrogen-bond acceptors (Lipinski definition) is 7. The molecule has 0 aliphatic heterocycles. The largest absolute Gasteiger partial charge is 0.458 e. The molecular weight excluding hydrogens is 522 g/mol. The molecule has 0 saturated heterocycles. The van der Waals surface area contributed by atoms with Crippen molar-refractivity contribution in [3.63, 3.8) is 0 Å². The Hall–Kier alpha value is -3.10. The van der Waals surface area contributed by atoms with Crippen LogP contribution in [-0.4, -0.2) is 58.5 Å². The van der Waals surface area contributed by atoms with Crippen molar-refractivity contribution in [2.24, 2.45) is 28.6 Å². The van der Waals surface area contributed by atoms with Crippen LogP contribution >= 0.6 is 0 Å². The molecule has 1 amide bonds. The van der Waals surface area contributed by atoms with Crippen LogP contribution in [0.3, 0.4) is 0 Å². The monoisotopic (exact) mass is 563 g/mol. The highest BCUT2D eigenvalue weighted by Crippen LogP contribution is 2.67. The molecule has 8 heteroatoms. The number of ether oxygens (including phenoxy) is 1. The predicted molar refractivity (Wildman–Crippen MR) is 151 cm³/mol. The number of amides is 1. The Bertz CT molecular complexity index is 1270. The van der Waals surface area contributed by atoms with E-state index in [-0.39, 0.29) is 55.1 Å². The number of benzene rings is 1. The van der Waals surface area contributed by atoms with E-state index in [2.05, 4.69) is 12.2 Å². The van der Waals surface area contributed by atoms with Crippen LogP contribution < -0.4 is 5.32 Å². The molecule has 0 bridgehead atoms. The molecule has 3 fully saturated rings. The second-order valence-corrected chi connectivity index (χ2v) is 12.8. The van der Waals surface area contributed by atoms with Gasteiger partial charge in [-0.25, -0.2) is 0 Å². The molecule has 1 aromatic carbocycles. The number of allylic oxidation sites excluding steroid dienone is 4. The molecule has 41 heavy (non-hydrogen) atoms. The molecule has 0 heterocycles. The lowest BCUT2D eigenvalue weighted by Gasteiger charge is -2.59. The van der Waals surface area contributed by atoms with E-state index in [1.807, 2.05) is 43.3 Å². The summed E-state index contributed by atoms with van der Waals surface area (Å²) in [6, 6.07) is 9.76. The molecular formula is C33H41NO7. The number of aliphatic hydroxyl groups excluding tert-OH is 1. The van der Waals surface area contributed by atoms with Gasteiger partial charge in [0.05, 0.1) is 12.5 Å². The van der Waals surface area contributed by atoms with Gasteiger partial charge in [0, 0.05) is 29.7 Å². The summed E-state index contributed by atoms with van der Waals surface area (Å²) in [4.78, 5) is 49.9. The fourth-order valence-electron chi connectivity index (χ4n) is 8.42. The fourth-order valence-corrected chi connectivity index (χ4v) is 8.42. The van der Waals surface area contributed by atoms with Gasteiger partial charge in [-0.05, 0) is 68.1 Å². The van der Waals surface area contributed by atoms with Crippen LogP contribution in [0.25, 0.3) is 0 Å². The van der Waals surface area contributed by atoms with E-state index < -0.39 is 40.9 Å². The van der Waals surface area contributed by atoms with Crippen molar-refractivity contribution >= 4 is 23.4 Å². The molecule has 4 aliphatic carbocycles. The van der Waals surface area contributed by atoms with Crippen molar-refractivity contribution in [3.8, 4) is 0 Å². The summed E-state index contributed by atoms with van der Waals surface area (Å²) in [5.41, 5.74) is -0.842.